The summed E-state index contributed by atoms with van der Waals surface area (Å²) >= 11 is 0. The normalized spacial score (nSPS) is 15.4. The molecule has 37 nitrogen and oxygen atoms in total. The molecule has 12 atom stereocenters. The Balaban J connectivity index is -0.000000443. The van der Waals surface area contributed by atoms with Crippen LogP contribution >= 0.6 is 0 Å². The van der Waals surface area contributed by atoms with E-state index in [0.717, 1.165) is 34.1 Å². The smallest absolute Gasteiger partial charge is 0.328 e. The van der Waals surface area contributed by atoms with Crippen molar-refractivity contribution in [2.45, 2.75) is 195 Å². The largest absolute Gasteiger partial charge is 0.480 e. The molecule has 2 fully saturated rings. The van der Waals surface area contributed by atoms with Crippen LogP contribution in [0, 0.1) is 0 Å². The van der Waals surface area contributed by atoms with Crippen molar-refractivity contribution in [2.75, 3.05) is 113 Å². The fraction of sp³-hybridized carbons (Fsp3) is 0.500. The van der Waals surface area contributed by atoms with Gasteiger partial charge in [-0.25, -0.2) is 24.0 Å². The Morgan fingerprint density at radius 3 is 0.698 bits per heavy atom. The van der Waals surface area contributed by atoms with E-state index in [0.29, 0.717) is 32.1 Å². The lowest BCUT2D eigenvalue weighted by molar-refractivity contribution is -0.145. The lowest BCUT2D eigenvalue weighted by Crippen LogP contribution is -2.41. The molecule has 0 radical (unpaired) electrons. The number of nitrogens with two attached hydrogens (primary N) is 1. The molecular formula is C92H147N15O22. The van der Waals surface area contributed by atoms with Crippen LogP contribution in [0.5, 0.6) is 0 Å². The molecule has 0 aromatic heterocycles. The lowest BCUT2D eigenvalue weighted by Gasteiger charge is -2.20. The van der Waals surface area contributed by atoms with Gasteiger partial charge in [0.05, 0.1) is 64.9 Å². The van der Waals surface area contributed by atoms with E-state index >= 15 is 0 Å². The topological polar surface area (TPSA) is 492 Å². The highest BCUT2D eigenvalue weighted by molar-refractivity contribution is 5.87. The molecule has 2 saturated heterocycles. The SMILES string of the molecule is CC(=O)NC(Cc1ccccc1)C(=O)O.CC(C(=O)O)N(C)C.CC1C(=O)N(C)C(C)N1C.CC1C(=O)N(C)C(C)N1C.CC=O.CN.CNC(=O)C(C)N(C)C.CNC(=O)C(C)NC.COC(=O)C(Cc1ccccc1)NC(C)=O.COC(=O)C(Cc1ccccc1)NC(C)=O.COC(=O)C(Cc1ccccc1)NC(C)=O.COC(=O)C(Cc1ccccc1)NC(C)=O. The number of nitrogens with zero attached hydrogens (tertiary/aromatic N) is 6. The van der Waals surface area contributed by atoms with E-state index in [1.54, 1.807) is 63.8 Å². The summed E-state index contributed by atoms with van der Waals surface area (Å²) in [5.74, 6) is -4.33. The molecule has 7 rings (SSSR count). The Morgan fingerprint density at radius 2 is 0.589 bits per heavy atom. The summed E-state index contributed by atoms with van der Waals surface area (Å²) in [6.07, 6.45) is 3.31. The number of hydrogen-bond donors (Lipinski definition) is 11. The number of hydrogen-bond acceptors (Lipinski definition) is 26. The van der Waals surface area contributed by atoms with E-state index in [4.69, 9.17) is 15.0 Å². The van der Waals surface area contributed by atoms with E-state index in [9.17, 15) is 71.9 Å². The first-order chi connectivity index (χ1) is 60.5. The number of nitrogens with one attached hydrogen (secondary N) is 8. The third-order valence-electron chi connectivity index (χ3n) is 19.1. The number of carboxylic acid groups (broad SMARTS) is 2. The number of ether oxygens (including phenoxy) is 4. The van der Waals surface area contributed by atoms with Crippen LogP contribution in [0.4, 0.5) is 0 Å². The van der Waals surface area contributed by atoms with Gasteiger partial charge in [-0.3, -0.25) is 67.5 Å². The number of carboxylic acids is 2. The molecule has 5 aromatic carbocycles. The number of aldehydes is 1. The number of benzene rings is 5. The summed E-state index contributed by atoms with van der Waals surface area (Å²) in [5, 5.41) is 37.7. The van der Waals surface area contributed by atoms with Gasteiger partial charge in [-0.1, -0.05) is 152 Å². The molecule has 9 amide bonds. The molecule has 2 aliphatic heterocycles. The van der Waals surface area contributed by atoms with E-state index < -0.39 is 66.0 Å². The highest BCUT2D eigenvalue weighted by Crippen LogP contribution is 2.18. The van der Waals surface area contributed by atoms with E-state index in [1.165, 1.54) is 77.0 Å². The second-order valence-electron chi connectivity index (χ2n) is 29.1. The predicted octanol–water partition coefficient (Wildman–Crippen LogP) is 3.52. The zero-order valence-corrected chi connectivity index (χ0v) is 80.8. The van der Waals surface area contributed by atoms with Crippen LogP contribution in [-0.4, -0.2) is 321 Å². The minimum absolute atomic E-state index is 0.0208. The molecular weight excluding hydrogens is 1670 g/mol. The van der Waals surface area contributed by atoms with Crippen molar-refractivity contribution in [2.24, 2.45) is 5.73 Å². The van der Waals surface area contributed by atoms with Gasteiger partial charge in [0, 0.05) is 94.9 Å². The monoisotopic (exact) mass is 1810 g/mol. The van der Waals surface area contributed by atoms with Crippen LogP contribution in [0.25, 0.3) is 0 Å². The van der Waals surface area contributed by atoms with E-state index in [-0.39, 0.29) is 95.7 Å². The molecule has 129 heavy (non-hydrogen) atoms. The highest BCUT2D eigenvalue weighted by Gasteiger charge is 2.37. The van der Waals surface area contributed by atoms with Gasteiger partial charge in [-0.05, 0) is 140 Å². The van der Waals surface area contributed by atoms with E-state index in [2.05, 4.69) is 77.0 Å². The Bertz CT molecular complexity index is 3710. The fourth-order valence-corrected chi connectivity index (χ4v) is 10.5. The Morgan fingerprint density at radius 1 is 0.388 bits per heavy atom. The lowest BCUT2D eigenvalue weighted by atomic mass is 10.1. The van der Waals surface area contributed by atoms with Crippen molar-refractivity contribution in [1.29, 1.82) is 0 Å². The van der Waals surface area contributed by atoms with Crippen molar-refractivity contribution in [3.8, 4) is 0 Å². The number of carbonyl (C=O) groups is 16. The maximum absolute atomic E-state index is 11.4. The molecule has 2 heterocycles. The van der Waals surface area contributed by atoms with Crippen LogP contribution in [0.1, 0.15) is 118 Å². The van der Waals surface area contributed by atoms with Gasteiger partial charge in [-0.2, -0.15) is 0 Å². The molecule has 0 aliphatic carbocycles. The minimum atomic E-state index is -1.02. The zero-order valence-electron chi connectivity index (χ0n) is 80.8. The molecule has 0 saturated carbocycles. The molecule has 2 aliphatic rings. The number of methoxy groups -OCH3 is 4. The summed E-state index contributed by atoms with van der Waals surface area (Å²) in [6, 6.07) is 43.4. The van der Waals surface area contributed by atoms with Gasteiger partial charge in [0.1, 0.15) is 42.5 Å². The molecule has 12 N–H and O–H groups in total. The van der Waals surface area contributed by atoms with Crippen LogP contribution < -0.4 is 48.3 Å². The quantitative estimate of drug-likeness (QED) is 0.0214. The summed E-state index contributed by atoms with van der Waals surface area (Å²) in [6.45, 7) is 21.5. The number of likely N-dealkylation sites (N-methyl/N-ethyl adjacent to an activating group) is 9. The average Bonchev–Trinajstić information content (AvgIpc) is 1.69. The maximum atomic E-state index is 11.4. The van der Waals surface area contributed by atoms with Crippen molar-refractivity contribution >= 4 is 95.3 Å². The fourth-order valence-electron chi connectivity index (χ4n) is 10.5. The summed E-state index contributed by atoms with van der Waals surface area (Å²) in [5.41, 5.74) is 9.30. The minimum Gasteiger partial charge on any atom is -0.480 e. The summed E-state index contributed by atoms with van der Waals surface area (Å²) in [7, 11) is 26.6. The Hall–Kier alpha value is -12.4. The van der Waals surface area contributed by atoms with Crippen LogP contribution in [-0.2, 0) is 128 Å². The second-order valence-corrected chi connectivity index (χ2v) is 29.1. The first kappa shape index (κ1) is 125. The third kappa shape index (κ3) is 57.1. The van der Waals surface area contributed by atoms with Crippen molar-refractivity contribution in [3.05, 3.63) is 179 Å². The van der Waals surface area contributed by atoms with Crippen LogP contribution in [0.2, 0.25) is 0 Å². The van der Waals surface area contributed by atoms with Crippen molar-refractivity contribution in [1.82, 2.24) is 71.9 Å². The van der Waals surface area contributed by atoms with Crippen LogP contribution in [0.3, 0.4) is 0 Å². The molecule has 37 heteroatoms. The third-order valence-corrected chi connectivity index (χ3v) is 19.1. The first-order valence-electron chi connectivity index (χ1n) is 41.2. The molecule has 12 unspecified atom stereocenters. The summed E-state index contributed by atoms with van der Waals surface area (Å²) in [4.78, 5) is 185. The van der Waals surface area contributed by atoms with Gasteiger partial charge < -0.3 is 92.0 Å². The number of esters is 4. The highest BCUT2D eigenvalue weighted by atomic mass is 16.5. The maximum Gasteiger partial charge on any atom is 0.328 e. The van der Waals surface area contributed by atoms with Gasteiger partial charge in [-0.15, -0.1) is 0 Å². The molecule has 0 spiro atoms. The molecule has 0 bridgehead atoms. The Labute approximate surface area is 762 Å². The summed E-state index contributed by atoms with van der Waals surface area (Å²) < 4.78 is 18.5. The number of aliphatic carboxylic acids is 2. The number of amides is 9. The van der Waals surface area contributed by atoms with Crippen molar-refractivity contribution in [3.63, 3.8) is 0 Å². The molecule has 722 valence electrons. The average molecular weight is 1820 g/mol. The number of rotatable bonds is 26. The van der Waals surface area contributed by atoms with Gasteiger partial charge in [0.25, 0.3) is 0 Å². The van der Waals surface area contributed by atoms with Gasteiger partial charge in [0.15, 0.2) is 0 Å². The number of carbonyl (C=O) groups excluding carboxylic acids is 14. The molecule has 5 aromatic rings. The standard InChI is InChI=1S/4C12H15NO3.C11H13NO3.2C7H14N2O.C6H14N2O.C5H12N2O.C5H11NO2.C2H4O.CH5N/c4*1-9(14)13-11(12(15)16-2)8-10-6-4-3-5-7-10;1-8(13)12-10(11(14)15)7-9-5-3-2-4-6-9;2*1-5-7(10)9(4)6(2)8(5)3;1-5(8(3)4)6(9)7-2;1-4(6-2)5(8)7-3;1-4(5(7)8)6(2)3;1-2-3;1-2/h4*3-7,11H,8H2,1-2H3,(H,13,14);2-6,10H,7H2,1H3,(H,12,13)(H,14,15);2*5-6H,1-4H3;5H,1-4H3,(H,7,9);4,6H,1-3H3,(H,7,8);4H,1-3H3,(H,7,8);2H,1H3;2H2,1H3. The Kier molecular flexibility index (Phi) is 70.4. The van der Waals surface area contributed by atoms with Gasteiger partial charge >= 0.3 is 35.8 Å². The van der Waals surface area contributed by atoms with Crippen molar-refractivity contribution < 1.29 is 106 Å². The van der Waals surface area contributed by atoms with Gasteiger partial charge in [0.2, 0.25) is 53.2 Å². The zero-order chi connectivity index (χ0) is 100. The van der Waals surface area contributed by atoms with E-state index in [1.807, 2.05) is 233 Å². The predicted molar refractivity (Wildman–Crippen MR) is 496 cm³/mol. The first-order valence-corrected chi connectivity index (χ1v) is 41.2. The van der Waals surface area contributed by atoms with Crippen LogP contribution in [0.15, 0.2) is 152 Å². The second kappa shape index (κ2) is 72.6.